The molecule has 5 nitrogen and oxygen atoms in total. The molecule has 1 fully saturated rings. The van der Waals surface area contributed by atoms with Crippen molar-refractivity contribution in [1.29, 1.82) is 0 Å². The van der Waals surface area contributed by atoms with Crippen molar-refractivity contribution in [3.05, 3.63) is 0 Å². The van der Waals surface area contributed by atoms with Gasteiger partial charge in [-0.25, -0.2) is 0 Å². The average molecular weight is 217 g/mol. The van der Waals surface area contributed by atoms with Gasteiger partial charge in [0.2, 0.25) is 0 Å². The molecule has 1 aliphatic heterocycles. The van der Waals surface area contributed by atoms with Crippen molar-refractivity contribution in [2.45, 2.75) is 44.4 Å². The molecule has 0 aromatic carbocycles. The van der Waals surface area contributed by atoms with E-state index in [1.54, 1.807) is 4.90 Å². The van der Waals surface area contributed by atoms with Crippen molar-refractivity contribution >= 4 is 5.97 Å². The minimum Gasteiger partial charge on any atom is -0.480 e. The van der Waals surface area contributed by atoms with Crippen molar-refractivity contribution in [2.75, 3.05) is 13.1 Å². The predicted molar refractivity (Wildman–Crippen MR) is 54.5 cm³/mol. The second kappa shape index (κ2) is 5.44. The number of likely N-dealkylation sites (tertiary alicyclic amines) is 1. The fourth-order valence-electron chi connectivity index (χ4n) is 1.91. The molecule has 5 heteroatoms. The first-order valence-corrected chi connectivity index (χ1v) is 5.39. The first-order valence-electron chi connectivity index (χ1n) is 5.39. The highest BCUT2D eigenvalue weighted by molar-refractivity contribution is 5.73. The van der Waals surface area contributed by atoms with E-state index in [0.717, 1.165) is 12.8 Å². The number of carbonyl (C=O) groups is 1. The monoisotopic (exact) mass is 217 g/mol. The SMILES string of the molecule is CCCCC(C(=O)O)N1CC(O)C(O)C1. The minimum absolute atomic E-state index is 0.252. The highest BCUT2D eigenvalue weighted by Crippen LogP contribution is 2.17. The highest BCUT2D eigenvalue weighted by atomic mass is 16.4. The molecule has 1 heterocycles. The van der Waals surface area contributed by atoms with Gasteiger partial charge in [0.25, 0.3) is 0 Å². The molecule has 0 aliphatic carbocycles. The summed E-state index contributed by atoms with van der Waals surface area (Å²) in [4.78, 5) is 12.6. The zero-order valence-electron chi connectivity index (χ0n) is 8.96. The molecule has 0 aromatic heterocycles. The Kier molecular flexibility index (Phi) is 4.50. The number of carboxylic acid groups (broad SMARTS) is 1. The molecule has 88 valence electrons. The van der Waals surface area contributed by atoms with Gasteiger partial charge in [-0.05, 0) is 6.42 Å². The number of unbranched alkanes of at least 4 members (excludes halogenated alkanes) is 1. The predicted octanol–water partition coefficient (Wildman–Crippen LogP) is -0.333. The number of β-amino-alcohol motifs (C(OH)–C–C–N with tert-alkyl or cyclic N) is 2. The molecule has 0 aromatic rings. The maximum Gasteiger partial charge on any atom is 0.320 e. The number of hydrogen-bond donors (Lipinski definition) is 3. The van der Waals surface area contributed by atoms with Crippen molar-refractivity contribution in [1.82, 2.24) is 4.90 Å². The summed E-state index contributed by atoms with van der Waals surface area (Å²) in [7, 11) is 0. The smallest absolute Gasteiger partial charge is 0.320 e. The first-order chi connectivity index (χ1) is 7.06. The Bertz CT molecular complexity index is 211. The molecule has 15 heavy (non-hydrogen) atoms. The Morgan fingerprint density at radius 1 is 1.40 bits per heavy atom. The van der Waals surface area contributed by atoms with Gasteiger partial charge in [0.1, 0.15) is 6.04 Å². The molecule has 0 bridgehead atoms. The van der Waals surface area contributed by atoms with Gasteiger partial charge in [0.15, 0.2) is 0 Å². The number of aliphatic hydroxyl groups is 2. The van der Waals surface area contributed by atoms with Crippen LogP contribution in [0.15, 0.2) is 0 Å². The van der Waals surface area contributed by atoms with Crippen LogP contribution in [0.5, 0.6) is 0 Å². The third-order valence-electron chi connectivity index (χ3n) is 2.84. The van der Waals surface area contributed by atoms with Gasteiger partial charge in [0, 0.05) is 13.1 Å². The lowest BCUT2D eigenvalue weighted by atomic mass is 10.1. The Balaban J connectivity index is 2.53. The van der Waals surface area contributed by atoms with E-state index >= 15 is 0 Å². The van der Waals surface area contributed by atoms with E-state index in [1.165, 1.54) is 0 Å². The zero-order chi connectivity index (χ0) is 11.4. The van der Waals surface area contributed by atoms with Crippen LogP contribution in [0.4, 0.5) is 0 Å². The summed E-state index contributed by atoms with van der Waals surface area (Å²) in [5, 5.41) is 27.7. The van der Waals surface area contributed by atoms with Crippen molar-refractivity contribution in [2.24, 2.45) is 0 Å². The van der Waals surface area contributed by atoms with E-state index in [4.69, 9.17) is 5.11 Å². The van der Waals surface area contributed by atoms with E-state index in [1.807, 2.05) is 6.92 Å². The van der Waals surface area contributed by atoms with Crippen LogP contribution in [0.2, 0.25) is 0 Å². The fourth-order valence-corrected chi connectivity index (χ4v) is 1.91. The summed E-state index contributed by atoms with van der Waals surface area (Å²) in [6.07, 6.45) is 0.746. The van der Waals surface area contributed by atoms with Crippen LogP contribution in [-0.2, 0) is 4.79 Å². The second-order valence-electron chi connectivity index (χ2n) is 4.08. The molecule has 3 unspecified atom stereocenters. The van der Waals surface area contributed by atoms with Crippen LogP contribution in [0.3, 0.4) is 0 Å². The molecule has 1 saturated heterocycles. The van der Waals surface area contributed by atoms with Crippen LogP contribution in [-0.4, -0.2) is 57.5 Å². The number of hydrogen-bond acceptors (Lipinski definition) is 4. The number of aliphatic carboxylic acids is 1. The molecule has 1 rings (SSSR count). The van der Waals surface area contributed by atoms with Crippen molar-refractivity contribution < 1.29 is 20.1 Å². The second-order valence-corrected chi connectivity index (χ2v) is 4.08. The van der Waals surface area contributed by atoms with Gasteiger partial charge >= 0.3 is 5.97 Å². The molecular formula is C10H19NO4. The molecule has 3 atom stereocenters. The van der Waals surface area contributed by atoms with Crippen molar-refractivity contribution in [3.63, 3.8) is 0 Å². The van der Waals surface area contributed by atoms with Crippen LogP contribution in [0.25, 0.3) is 0 Å². The topological polar surface area (TPSA) is 81.0 Å². The Hall–Kier alpha value is -0.650. The van der Waals surface area contributed by atoms with Crippen LogP contribution in [0.1, 0.15) is 26.2 Å². The fraction of sp³-hybridized carbons (Fsp3) is 0.900. The van der Waals surface area contributed by atoms with Gasteiger partial charge in [-0.2, -0.15) is 0 Å². The van der Waals surface area contributed by atoms with Crippen LogP contribution >= 0.6 is 0 Å². The maximum absolute atomic E-state index is 11.0. The first kappa shape index (κ1) is 12.4. The molecule has 1 aliphatic rings. The summed E-state index contributed by atoms with van der Waals surface area (Å²) in [6, 6.07) is -0.572. The van der Waals surface area contributed by atoms with E-state index in [0.29, 0.717) is 6.42 Å². The molecule has 0 amide bonds. The van der Waals surface area contributed by atoms with Crippen molar-refractivity contribution in [3.8, 4) is 0 Å². The summed E-state index contributed by atoms with van der Waals surface area (Å²) < 4.78 is 0. The van der Waals surface area contributed by atoms with E-state index in [2.05, 4.69) is 0 Å². The molecule has 0 radical (unpaired) electrons. The largest absolute Gasteiger partial charge is 0.480 e. The van der Waals surface area contributed by atoms with E-state index in [-0.39, 0.29) is 13.1 Å². The summed E-state index contributed by atoms with van der Waals surface area (Å²) in [5.41, 5.74) is 0. The number of nitrogens with zero attached hydrogens (tertiary/aromatic N) is 1. The third-order valence-corrected chi connectivity index (χ3v) is 2.84. The third kappa shape index (κ3) is 3.15. The molecular weight excluding hydrogens is 198 g/mol. The van der Waals surface area contributed by atoms with Gasteiger partial charge in [-0.15, -0.1) is 0 Å². The lowest BCUT2D eigenvalue weighted by molar-refractivity contribution is -0.143. The van der Waals surface area contributed by atoms with Gasteiger partial charge in [-0.3, -0.25) is 9.69 Å². The lowest BCUT2D eigenvalue weighted by Gasteiger charge is -2.23. The number of carboxylic acids is 1. The quantitative estimate of drug-likeness (QED) is 0.587. The Labute approximate surface area is 89.3 Å². The average Bonchev–Trinajstić information content (AvgIpc) is 2.47. The van der Waals surface area contributed by atoms with Crippen LogP contribution < -0.4 is 0 Å². The summed E-state index contributed by atoms with van der Waals surface area (Å²) in [6.45, 7) is 2.51. The van der Waals surface area contributed by atoms with Gasteiger partial charge in [0.05, 0.1) is 12.2 Å². The van der Waals surface area contributed by atoms with Crippen LogP contribution in [0, 0.1) is 0 Å². The highest BCUT2D eigenvalue weighted by Gasteiger charge is 2.36. The van der Waals surface area contributed by atoms with Gasteiger partial charge < -0.3 is 15.3 Å². The summed E-state index contributed by atoms with van der Waals surface area (Å²) >= 11 is 0. The maximum atomic E-state index is 11.0. The van der Waals surface area contributed by atoms with Gasteiger partial charge in [-0.1, -0.05) is 19.8 Å². The molecule has 0 spiro atoms. The molecule has 3 N–H and O–H groups in total. The van der Waals surface area contributed by atoms with E-state index in [9.17, 15) is 15.0 Å². The number of rotatable bonds is 5. The molecule has 0 saturated carbocycles. The minimum atomic E-state index is -0.871. The Morgan fingerprint density at radius 3 is 2.33 bits per heavy atom. The standard InChI is InChI=1S/C10H19NO4/c1-2-3-4-7(10(14)15)11-5-8(12)9(13)6-11/h7-9,12-13H,2-6H2,1H3,(H,14,15). The number of aliphatic hydroxyl groups excluding tert-OH is 2. The normalized spacial score (nSPS) is 29.3. The lowest BCUT2D eigenvalue weighted by Crippen LogP contribution is -2.40. The Morgan fingerprint density at radius 2 is 1.93 bits per heavy atom. The van der Waals surface area contributed by atoms with E-state index < -0.39 is 24.2 Å². The summed E-state index contributed by atoms with van der Waals surface area (Å²) in [5.74, 6) is -0.871. The zero-order valence-corrected chi connectivity index (χ0v) is 8.96.